The van der Waals surface area contributed by atoms with Crippen molar-refractivity contribution in [2.24, 2.45) is 0 Å². The maximum absolute atomic E-state index is 10.4. The van der Waals surface area contributed by atoms with E-state index >= 15 is 0 Å². The number of unbranched alkanes of at least 4 members (excludes halogenated alkanes) is 11. The lowest BCUT2D eigenvalue weighted by Gasteiger charge is -2.48. The standard InChI is InChI=1S/C23H46N2O2.2ClH/c1-2-3-4-5-6-7-8-9-10-11-12-14-17-24-22-20-16-13-15-18-25(20)19-21(26)23(22)27;;/h20-24,26-27H,2-19H2,1H3;2*1H/t20-,21+,22-,23-;;/m0../s1. The smallest absolute Gasteiger partial charge is 0.0979 e. The van der Waals surface area contributed by atoms with Gasteiger partial charge in [-0.25, -0.2) is 0 Å². The second-order valence-electron chi connectivity index (χ2n) is 8.99. The first-order chi connectivity index (χ1) is 13.2. The first-order valence-corrected chi connectivity index (χ1v) is 12.1. The molecule has 2 aliphatic rings. The number of hydrogen-bond donors (Lipinski definition) is 3. The molecule has 29 heavy (non-hydrogen) atoms. The molecule has 0 aromatic carbocycles. The number of fused-ring (bicyclic) bond motifs is 1. The topological polar surface area (TPSA) is 55.7 Å². The van der Waals surface area contributed by atoms with Crippen molar-refractivity contribution >= 4 is 24.8 Å². The van der Waals surface area contributed by atoms with Crippen LogP contribution in [0.3, 0.4) is 0 Å². The SMILES string of the molecule is CCCCCCCCCCCCCCN[C@@H]1[C@@H](O)[C@H](O)CN2CCCC[C@@H]12.Cl.Cl. The highest BCUT2D eigenvalue weighted by Gasteiger charge is 2.42. The zero-order valence-corrected chi connectivity index (χ0v) is 20.3. The van der Waals surface area contributed by atoms with E-state index < -0.39 is 12.2 Å². The van der Waals surface area contributed by atoms with Gasteiger partial charge in [-0.2, -0.15) is 0 Å². The van der Waals surface area contributed by atoms with Gasteiger partial charge in [-0.15, -0.1) is 24.8 Å². The summed E-state index contributed by atoms with van der Waals surface area (Å²) in [6, 6.07) is 0.455. The minimum atomic E-state index is -0.610. The number of piperidine rings is 2. The highest BCUT2D eigenvalue weighted by molar-refractivity contribution is 5.85. The van der Waals surface area contributed by atoms with Crippen molar-refractivity contribution in [2.45, 2.75) is 128 Å². The number of rotatable bonds is 14. The molecular formula is C23H48Cl2N2O2. The maximum Gasteiger partial charge on any atom is 0.0979 e. The van der Waals surface area contributed by atoms with E-state index in [0.717, 1.165) is 19.5 Å². The second kappa shape index (κ2) is 18.0. The summed E-state index contributed by atoms with van der Waals surface area (Å²) in [7, 11) is 0. The number of aliphatic hydroxyl groups excluding tert-OH is 2. The molecular weight excluding hydrogens is 407 g/mol. The van der Waals surface area contributed by atoms with Crippen LogP contribution in [0.15, 0.2) is 0 Å². The molecule has 0 radical (unpaired) electrons. The Bertz CT molecular complexity index is 377. The molecule has 176 valence electrons. The van der Waals surface area contributed by atoms with Crippen molar-refractivity contribution in [1.29, 1.82) is 0 Å². The van der Waals surface area contributed by atoms with Gasteiger partial charge in [-0.05, 0) is 32.4 Å². The summed E-state index contributed by atoms with van der Waals surface area (Å²) >= 11 is 0. The maximum atomic E-state index is 10.4. The van der Waals surface area contributed by atoms with Gasteiger partial charge in [0, 0.05) is 12.6 Å². The Morgan fingerprint density at radius 3 is 1.93 bits per heavy atom. The summed E-state index contributed by atoms with van der Waals surface area (Å²) in [5.74, 6) is 0. The van der Waals surface area contributed by atoms with Gasteiger partial charge in [0.05, 0.1) is 18.2 Å². The Labute approximate surface area is 192 Å². The average Bonchev–Trinajstić information content (AvgIpc) is 2.68. The van der Waals surface area contributed by atoms with Gasteiger partial charge >= 0.3 is 0 Å². The molecule has 6 heteroatoms. The molecule has 2 heterocycles. The first kappa shape index (κ1) is 29.4. The fraction of sp³-hybridized carbons (Fsp3) is 1.00. The highest BCUT2D eigenvalue weighted by Crippen LogP contribution is 2.27. The van der Waals surface area contributed by atoms with Crippen LogP contribution in [0, 0.1) is 0 Å². The van der Waals surface area contributed by atoms with Gasteiger partial charge in [-0.3, -0.25) is 4.90 Å². The van der Waals surface area contributed by atoms with E-state index in [1.807, 2.05) is 0 Å². The molecule has 2 aliphatic heterocycles. The lowest BCUT2D eigenvalue weighted by atomic mass is 9.85. The number of nitrogens with zero attached hydrogens (tertiary/aromatic N) is 1. The molecule has 0 bridgehead atoms. The largest absolute Gasteiger partial charge is 0.389 e. The van der Waals surface area contributed by atoms with Crippen molar-refractivity contribution in [3.8, 4) is 0 Å². The van der Waals surface area contributed by atoms with Gasteiger partial charge < -0.3 is 15.5 Å². The van der Waals surface area contributed by atoms with Crippen molar-refractivity contribution in [3.63, 3.8) is 0 Å². The molecule has 2 fully saturated rings. The molecule has 2 rings (SSSR count). The summed E-state index contributed by atoms with van der Waals surface area (Å²) in [6.07, 6.45) is 18.9. The number of hydrogen-bond acceptors (Lipinski definition) is 4. The van der Waals surface area contributed by atoms with Gasteiger partial charge in [0.1, 0.15) is 0 Å². The lowest BCUT2D eigenvalue weighted by Crippen LogP contribution is -2.66. The average molecular weight is 456 g/mol. The molecule has 0 spiro atoms. The minimum absolute atomic E-state index is 0. The zero-order valence-electron chi connectivity index (χ0n) is 18.7. The van der Waals surface area contributed by atoms with Crippen LogP contribution < -0.4 is 5.32 Å². The Morgan fingerprint density at radius 2 is 1.34 bits per heavy atom. The molecule has 3 N–H and O–H groups in total. The summed E-state index contributed by atoms with van der Waals surface area (Å²) in [6.45, 7) is 4.96. The molecule has 0 amide bonds. The van der Waals surface area contributed by atoms with E-state index in [1.54, 1.807) is 0 Å². The van der Waals surface area contributed by atoms with Gasteiger partial charge in [0.15, 0.2) is 0 Å². The summed E-state index contributed by atoms with van der Waals surface area (Å²) in [5.41, 5.74) is 0. The van der Waals surface area contributed by atoms with Crippen LogP contribution in [-0.4, -0.2) is 59.0 Å². The summed E-state index contributed by atoms with van der Waals surface area (Å²) in [5, 5.41) is 24.2. The Kier molecular flexibility index (Phi) is 18.3. The van der Waals surface area contributed by atoms with Crippen LogP contribution in [0.25, 0.3) is 0 Å². The van der Waals surface area contributed by atoms with Crippen LogP contribution >= 0.6 is 24.8 Å². The lowest BCUT2D eigenvalue weighted by molar-refractivity contribution is -0.0917. The second-order valence-corrected chi connectivity index (χ2v) is 8.99. The van der Waals surface area contributed by atoms with Gasteiger partial charge in [0.2, 0.25) is 0 Å². The Hall–Kier alpha value is 0.420. The quantitative estimate of drug-likeness (QED) is 0.320. The third kappa shape index (κ3) is 11.0. The minimum Gasteiger partial charge on any atom is -0.389 e. The van der Waals surface area contributed by atoms with Crippen LogP contribution in [-0.2, 0) is 0 Å². The Morgan fingerprint density at radius 1 is 0.793 bits per heavy atom. The van der Waals surface area contributed by atoms with Crippen LogP contribution in [0.1, 0.15) is 103 Å². The first-order valence-electron chi connectivity index (χ1n) is 12.1. The highest BCUT2D eigenvalue weighted by atomic mass is 35.5. The van der Waals surface area contributed by atoms with Gasteiger partial charge in [0.25, 0.3) is 0 Å². The molecule has 2 saturated heterocycles. The molecule has 4 nitrogen and oxygen atoms in total. The molecule has 0 aromatic heterocycles. The van der Waals surface area contributed by atoms with E-state index in [0.29, 0.717) is 12.6 Å². The van der Waals surface area contributed by atoms with E-state index in [2.05, 4.69) is 17.1 Å². The number of nitrogens with one attached hydrogen (secondary N) is 1. The van der Waals surface area contributed by atoms with Crippen LogP contribution in [0.2, 0.25) is 0 Å². The Balaban J connectivity index is 0.00000392. The van der Waals surface area contributed by atoms with Crippen LogP contribution in [0.5, 0.6) is 0 Å². The van der Waals surface area contributed by atoms with Crippen molar-refractivity contribution < 1.29 is 10.2 Å². The van der Waals surface area contributed by atoms with Crippen molar-refractivity contribution in [2.75, 3.05) is 19.6 Å². The van der Waals surface area contributed by atoms with E-state index in [1.165, 1.54) is 89.9 Å². The van der Waals surface area contributed by atoms with Crippen molar-refractivity contribution in [3.05, 3.63) is 0 Å². The van der Waals surface area contributed by atoms with Crippen LogP contribution in [0.4, 0.5) is 0 Å². The number of halogens is 2. The van der Waals surface area contributed by atoms with E-state index in [4.69, 9.17) is 0 Å². The van der Waals surface area contributed by atoms with E-state index in [9.17, 15) is 10.2 Å². The normalized spacial score (nSPS) is 27.0. The third-order valence-corrected chi connectivity index (χ3v) is 6.67. The molecule has 0 unspecified atom stereocenters. The fourth-order valence-electron chi connectivity index (χ4n) is 4.96. The zero-order chi connectivity index (χ0) is 19.3. The monoisotopic (exact) mass is 454 g/mol. The summed E-state index contributed by atoms with van der Waals surface area (Å²) in [4.78, 5) is 2.39. The molecule has 0 saturated carbocycles. The third-order valence-electron chi connectivity index (χ3n) is 6.67. The molecule has 0 aliphatic carbocycles. The van der Waals surface area contributed by atoms with Crippen molar-refractivity contribution in [1.82, 2.24) is 10.2 Å². The molecule has 0 aromatic rings. The summed E-state index contributed by atoms with van der Waals surface area (Å²) < 4.78 is 0. The van der Waals surface area contributed by atoms with Gasteiger partial charge in [-0.1, -0.05) is 84.0 Å². The fourth-order valence-corrected chi connectivity index (χ4v) is 4.96. The predicted octanol–water partition coefficient (Wildman–Crippen LogP) is 5.08. The number of aliphatic hydroxyl groups is 2. The molecule has 4 atom stereocenters. The van der Waals surface area contributed by atoms with E-state index in [-0.39, 0.29) is 30.9 Å². The predicted molar refractivity (Wildman–Crippen MR) is 129 cm³/mol.